The van der Waals surface area contributed by atoms with Gasteiger partial charge in [-0.05, 0) is 35.7 Å². The van der Waals surface area contributed by atoms with E-state index in [0.29, 0.717) is 38.1 Å². The van der Waals surface area contributed by atoms with Crippen LogP contribution in [0.25, 0.3) is 21.8 Å². The minimum Gasteiger partial charge on any atom is -0.384 e. The van der Waals surface area contributed by atoms with Gasteiger partial charge in [0, 0.05) is 49.2 Å². The molecule has 3 heterocycles. The van der Waals surface area contributed by atoms with Crippen molar-refractivity contribution in [3.05, 3.63) is 83.9 Å². The van der Waals surface area contributed by atoms with Crippen molar-refractivity contribution in [2.24, 2.45) is 0 Å². The summed E-state index contributed by atoms with van der Waals surface area (Å²) in [5.41, 5.74) is 5.59. The molecule has 9 heteroatoms. The molecule has 0 bridgehead atoms. The summed E-state index contributed by atoms with van der Waals surface area (Å²) in [6, 6.07) is 17.4. The molecule has 6 rings (SSSR count). The predicted octanol–water partition coefficient (Wildman–Crippen LogP) is 4.12. The quantitative estimate of drug-likeness (QED) is 0.315. The van der Waals surface area contributed by atoms with Crippen molar-refractivity contribution in [2.75, 3.05) is 42.9 Å². The van der Waals surface area contributed by atoms with E-state index in [4.69, 9.17) is 0 Å². The highest BCUT2D eigenvalue weighted by Crippen LogP contribution is 2.29. The Morgan fingerprint density at radius 2 is 1.73 bits per heavy atom. The van der Waals surface area contributed by atoms with Gasteiger partial charge in [-0.3, -0.25) is 15.0 Å². The molecule has 37 heavy (non-hydrogen) atoms. The van der Waals surface area contributed by atoms with Crippen LogP contribution in [-0.2, 0) is 17.6 Å². The fraction of sp³-hybridized carbons (Fsp3) is 0.250. The van der Waals surface area contributed by atoms with Crippen LogP contribution in [0.5, 0.6) is 0 Å². The molecule has 0 saturated carbocycles. The van der Waals surface area contributed by atoms with Gasteiger partial charge in [0.15, 0.2) is 0 Å². The van der Waals surface area contributed by atoms with Crippen LogP contribution in [0.15, 0.2) is 67.0 Å². The molecule has 5 aromatic rings. The molecule has 1 aliphatic heterocycles. The van der Waals surface area contributed by atoms with Gasteiger partial charge in [-0.15, -0.1) is 0 Å². The number of H-pyrrole nitrogens is 2. The van der Waals surface area contributed by atoms with Crippen LogP contribution in [0, 0.1) is 5.82 Å². The summed E-state index contributed by atoms with van der Waals surface area (Å²) in [4.78, 5) is 17.2. The van der Waals surface area contributed by atoms with E-state index in [0.717, 1.165) is 46.2 Å². The number of anilines is 2. The fourth-order valence-corrected chi connectivity index (χ4v) is 5.11. The monoisotopic (exact) mass is 497 g/mol. The molecule has 188 valence electrons. The molecule has 8 nitrogen and oxygen atoms in total. The van der Waals surface area contributed by atoms with Crippen molar-refractivity contribution in [3.8, 4) is 0 Å². The van der Waals surface area contributed by atoms with Crippen molar-refractivity contribution < 1.29 is 9.18 Å². The SMILES string of the molecule is O=C(Cc1ccc(NCCc2ccccc2)c2cn[nH]c12)N1CCN(c2cc(F)cc3[nH]ncc23)CC1. The van der Waals surface area contributed by atoms with Gasteiger partial charge in [0.25, 0.3) is 0 Å². The number of benzene rings is 3. The number of carbonyl (C=O) groups is 1. The Kier molecular flexibility index (Phi) is 6.18. The Morgan fingerprint density at radius 1 is 0.946 bits per heavy atom. The first-order valence-electron chi connectivity index (χ1n) is 12.5. The summed E-state index contributed by atoms with van der Waals surface area (Å²) in [6.07, 6.45) is 4.75. The van der Waals surface area contributed by atoms with Gasteiger partial charge < -0.3 is 15.1 Å². The third kappa shape index (κ3) is 4.72. The lowest BCUT2D eigenvalue weighted by atomic mass is 10.1. The molecule has 3 N–H and O–H groups in total. The molecular weight excluding hydrogens is 469 g/mol. The first-order valence-corrected chi connectivity index (χ1v) is 12.5. The molecule has 1 saturated heterocycles. The second kappa shape index (κ2) is 9.93. The highest BCUT2D eigenvalue weighted by Gasteiger charge is 2.24. The van der Waals surface area contributed by atoms with Gasteiger partial charge in [-0.25, -0.2) is 4.39 Å². The average molecular weight is 498 g/mol. The number of aromatic amines is 2. The molecule has 1 fully saturated rings. The maximum atomic E-state index is 14.1. The standard InChI is InChI=1S/C28H28FN7O/c29-21-15-25-22(17-31-33-25)26(16-21)35-10-12-36(13-11-35)27(37)14-20-6-7-24(23-18-32-34-28(20)23)30-9-8-19-4-2-1-3-5-19/h1-7,15-18,30H,8-14H2,(H,31,33)(H,32,34). The summed E-state index contributed by atoms with van der Waals surface area (Å²) in [7, 11) is 0. The molecule has 3 aromatic carbocycles. The van der Waals surface area contributed by atoms with Gasteiger partial charge in [-0.1, -0.05) is 36.4 Å². The Labute approximate surface area is 213 Å². The Morgan fingerprint density at radius 3 is 2.57 bits per heavy atom. The number of rotatable bonds is 7. The van der Waals surface area contributed by atoms with Crippen molar-refractivity contribution in [3.63, 3.8) is 0 Å². The third-order valence-electron chi connectivity index (χ3n) is 7.09. The minimum atomic E-state index is -0.299. The summed E-state index contributed by atoms with van der Waals surface area (Å²) in [5.74, 6) is -0.222. The number of halogens is 1. The van der Waals surface area contributed by atoms with E-state index in [1.165, 1.54) is 11.6 Å². The number of nitrogens with zero attached hydrogens (tertiary/aromatic N) is 4. The van der Waals surface area contributed by atoms with Gasteiger partial charge in [0.05, 0.1) is 35.5 Å². The van der Waals surface area contributed by atoms with Crippen LogP contribution in [0.3, 0.4) is 0 Å². The molecular formula is C28H28FN7O. The largest absolute Gasteiger partial charge is 0.384 e. The molecule has 0 atom stereocenters. The molecule has 1 aliphatic rings. The summed E-state index contributed by atoms with van der Waals surface area (Å²) >= 11 is 0. The van der Waals surface area contributed by atoms with Crippen LogP contribution >= 0.6 is 0 Å². The number of fused-ring (bicyclic) bond motifs is 2. The number of hydrogen-bond acceptors (Lipinski definition) is 5. The first-order chi connectivity index (χ1) is 18.2. The zero-order chi connectivity index (χ0) is 25.2. The predicted molar refractivity (Wildman–Crippen MR) is 143 cm³/mol. The Hall–Kier alpha value is -4.40. The third-order valence-corrected chi connectivity index (χ3v) is 7.09. The Bertz CT molecular complexity index is 1540. The van der Waals surface area contributed by atoms with Crippen molar-refractivity contribution in [1.82, 2.24) is 25.3 Å². The normalized spacial score (nSPS) is 14.0. The number of carbonyl (C=O) groups excluding carboxylic acids is 1. The molecule has 2 aromatic heterocycles. The lowest BCUT2D eigenvalue weighted by Crippen LogP contribution is -2.49. The van der Waals surface area contributed by atoms with Crippen LogP contribution in [0.2, 0.25) is 0 Å². The maximum absolute atomic E-state index is 14.1. The number of nitrogens with one attached hydrogen (secondary N) is 3. The van der Waals surface area contributed by atoms with Gasteiger partial charge in [0.1, 0.15) is 5.82 Å². The second-order valence-corrected chi connectivity index (χ2v) is 9.39. The number of amides is 1. The highest BCUT2D eigenvalue weighted by molar-refractivity contribution is 5.95. The van der Waals surface area contributed by atoms with Crippen LogP contribution < -0.4 is 10.2 Å². The van der Waals surface area contributed by atoms with E-state index in [9.17, 15) is 9.18 Å². The highest BCUT2D eigenvalue weighted by atomic mass is 19.1. The van der Waals surface area contributed by atoms with E-state index < -0.39 is 0 Å². The zero-order valence-corrected chi connectivity index (χ0v) is 20.4. The van der Waals surface area contributed by atoms with E-state index >= 15 is 0 Å². The number of hydrogen-bond donors (Lipinski definition) is 3. The van der Waals surface area contributed by atoms with E-state index in [1.807, 2.05) is 29.3 Å². The molecule has 0 unspecified atom stereocenters. The fourth-order valence-electron chi connectivity index (χ4n) is 5.11. The topological polar surface area (TPSA) is 92.9 Å². The van der Waals surface area contributed by atoms with E-state index in [-0.39, 0.29) is 11.7 Å². The van der Waals surface area contributed by atoms with E-state index in [2.05, 4.69) is 54.9 Å². The van der Waals surface area contributed by atoms with Crippen molar-refractivity contribution in [1.29, 1.82) is 0 Å². The van der Waals surface area contributed by atoms with Crippen molar-refractivity contribution in [2.45, 2.75) is 12.8 Å². The van der Waals surface area contributed by atoms with Gasteiger partial charge in [0.2, 0.25) is 5.91 Å². The van der Waals surface area contributed by atoms with Crippen LogP contribution in [-0.4, -0.2) is 63.9 Å². The average Bonchev–Trinajstić information content (AvgIpc) is 3.60. The lowest BCUT2D eigenvalue weighted by molar-refractivity contribution is -0.130. The summed E-state index contributed by atoms with van der Waals surface area (Å²) < 4.78 is 14.1. The van der Waals surface area contributed by atoms with E-state index in [1.54, 1.807) is 12.3 Å². The zero-order valence-electron chi connectivity index (χ0n) is 20.4. The number of piperazine rings is 1. The van der Waals surface area contributed by atoms with Crippen molar-refractivity contribution >= 4 is 39.1 Å². The molecule has 1 amide bonds. The molecule has 0 radical (unpaired) electrons. The Balaban J connectivity index is 1.09. The molecule has 0 spiro atoms. The van der Waals surface area contributed by atoms with Crippen LogP contribution in [0.1, 0.15) is 11.1 Å². The number of aromatic nitrogens is 4. The minimum absolute atomic E-state index is 0.0769. The second-order valence-electron chi connectivity index (χ2n) is 9.39. The molecule has 0 aliphatic carbocycles. The first kappa shape index (κ1) is 23.0. The summed E-state index contributed by atoms with van der Waals surface area (Å²) in [6.45, 7) is 3.25. The smallest absolute Gasteiger partial charge is 0.227 e. The van der Waals surface area contributed by atoms with Gasteiger partial charge in [-0.2, -0.15) is 10.2 Å². The van der Waals surface area contributed by atoms with Crippen LogP contribution in [0.4, 0.5) is 15.8 Å². The maximum Gasteiger partial charge on any atom is 0.227 e. The van der Waals surface area contributed by atoms with Gasteiger partial charge >= 0.3 is 0 Å². The lowest BCUT2D eigenvalue weighted by Gasteiger charge is -2.36. The summed E-state index contributed by atoms with van der Waals surface area (Å²) in [5, 5.41) is 19.6.